The van der Waals surface area contributed by atoms with Crippen LogP contribution in [0.25, 0.3) is 0 Å². The molecule has 1 amide bonds. The lowest BCUT2D eigenvalue weighted by atomic mass is 10.2. The van der Waals surface area contributed by atoms with E-state index in [0.29, 0.717) is 24.3 Å². The molecule has 0 aromatic heterocycles. The van der Waals surface area contributed by atoms with Crippen LogP contribution in [0.15, 0.2) is 17.0 Å². The molecule has 0 aliphatic carbocycles. The summed E-state index contributed by atoms with van der Waals surface area (Å²) in [5.41, 5.74) is 0.0584. The largest absolute Gasteiger partial charge is 0.465 e. The van der Waals surface area contributed by atoms with Crippen molar-refractivity contribution in [1.29, 1.82) is 0 Å². The first-order chi connectivity index (χ1) is 11.2. The normalized spacial score (nSPS) is 12.1. The summed E-state index contributed by atoms with van der Waals surface area (Å²) in [5, 5.41) is 2.21. The SMILES string of the molecule is CCCC(=O)Nc1cc(SC(C)C(=O)OCC(C)C)c(Cl)cc1F. The van der Waals surface area contributed by atoms with Crippen LogP contribution in [0.1, 0.15) is 40.5 Å². The zero-order valence-corrected chi connectivity index (χ0v) is 15.9. The highest BCUT2D eigenvalue weighted by Gasteiger charge is 2.19. The van der Waals surface area contributed by atoms with Gasteiger partial charge in [-0.1, -0.05) is 32.4 Å². The maximum Gasteiger partial charge on any atom is 0.319 e. The summed E-state index contributed by atoms with van der Waals surface area (Å²) < 4.78 is 19.1. The van der Waals surface area contributed by atoms with Crippen LogP contribution in [0.4, 0.5) is 10.1 Å². The standard InChI is InChI=1S/C17H23ClFNO3S/c1-5-6-16(21)20-14-8-15(12(18)7-13(14)19)24-11(4)17(22)23-9-10(2)3/h7-8,10-11H,5-6,9H2,1-4H3,(H,20,21). The zero-order valence-electron chi connectivity index (χ0n) is 14.3. The fourth-order valence-corrected chi connectivity index (χ4v) is 2.95. The molecule has 0 bridgehead atoms. The van der Waals surface area contributed by atoms with Gasteiger partial charge in [-0.2, -0.15) is 0 Å². The van der Waals surface area contributed by atoms with Crippen molar-refractivity contribution in [2.75, 3.05) is 11.9 Å². The van der Waals surface area contributed by atoms with E-state index < -0.39 is 11.1 Å². The molecule has 0 fully saturated rings. The van der Waals surface area contributed by atoms with Crippen LogP contribution in [-0.4, -0.2) is 23.7 Å². The van der Waals surface area contributed by atoms with Gasteiger partial charge in [-0.15, -0.1) is 11.8 Å². The minimum absolute atomic E-state index is 0.0584. The molecule has 4 nitrogen and oxygen atoms in total. The number of esters is 1. The molecule has 0 saturated heterocycles. The predicted octanol–water partition coefficient (Wildman–Crippen LogP) is 4.90. The first kappa shape index (κ1) is 20.8. The number of amides is 1. The van der Waals surface area contributed by atoms with Crippen LogP contribution in [0.2, 0.25) is 5.02 Å². The van der Waals surface area contributed by atoms with Crippen LogP contribution in [0, 0.1) is 11.7 Å². The van der Waals surface area contributed by atoms with E-state index in [1.54, 1.807) is 6.92 Å². The van der Waals surface area contributed by atoms with Crippen LogP contribution in [-0.2, 0) is 14.3 Å². The van der Waals surface area contributed by atoms with Gasteiger partial charge in [0, 0.05) is 11.3 Å². The Labute approximate surface area is 151 Å². The molecule has 24 heavy (non-hydrogen) atoms. The summed E-state index contributed by atoms with van der Waals surface area (Å²) in [6, 6.07) is 2.58. The number of hydrogen-bond donors (Lipinski definition) is 1. The van der Waals surface area contributed by atoms with Crippen LogP contribution < -0.4 is 5.32 Å². The van der Waals surface area contributed by atoms with E-state index in [0.717, 1.165) is 6.07 Å². The molecular formula is C17H23ClFNO3S. The Balaban J connectivity index is 2.83. The third-order valence-electron chi connectivity index (χ3n) is 2.97. The number of benzene rings is 1. The second-order valence-electron chi connectivity index (χ2n) is 5.84. The lowest BCUT2D eigenvalue weighted by Crippen LogP contribution is -2.19. The highest BCUT2D eigenvalue weighted by atomic mass is 35.5. The van der Waals surface area contributed by atoms with Crippen molar-refractivity contribution in [1.82, 2.24) is 0 Å². The Morgan fingerprint density at radius 3 is 2.58 bits per heavy atom. The zero-order chi connectivity index (χ0) is 18.3. The molecule has 0 saturated carbocycles. The van der Waals surface area contributed by atoms with E-state index in [9.17, 15) is 14.0 Å². The quantitative estimate of drug-likeness (QED) is 0.518. The molecule has 0 radical (unpaired) electrons. The van der Waals surface area contributed by atoms with Crippen LogP contribution in [0.5, 0.6) is 0 Å². The number of nitrogens with one attached hydrogen (secondary N) is 1. The summed E-state index contributed by atoms with van der Waals surface area (Å²) in [7, 11) is 0. The number of halogens is 2. The van der Waals surface area contributed by atoms with Crippen LogP contribution in [0.3, 0.4) is 0 Å². The molecular weight excluding hydrogens is 353 g/mol. The van der Waals surface area contributed by atoms with Gasteiger partial charge in [0.2, 0.25) is 5.91 Å². The third-order valence-corrected chi connectivity index (χ3v) is 4.53. The minimum Gasteiger partial charge on any atom is -0.465 e. The van der Waals surface area contributed by atoms with E-state index in [1.807, 2.05) is 20.8 Å². The highest BCUT2D eigenvalue weighted by Crippen LogP contribution is 2.34. The van der Waals surface area contributed by atoms with Crippen molar-refractivity contribution in [3.05, 3.63) is 23.0 Å². The average molecular weight is 376 g/mol. The molecule has 134 valence electrons. The number of ether oxygens (including phenoxy) is 1. The van der Waals surface area contributed by atoms with Gasteiger partial charge in [0.15, 0.2) is 0 Å². The molecule has 0 spiro atoms. The van der Waals surface area contributed by atoms with Gasteiger partial charge in [0.1, 0.15) is 11.1 Å². The summed E-state index contributed by atoms with van der Waals surface area (Å²) in [6.07, 6.45) is 0.976. The van der Waals surface area contributed by atoms with Gasteiger partial charge >= 0.3 is 5.97 Å². The number of thioether (sulfide) groups is 1. The molecule has 0 heterocycles. The monoisotopic (exact) mass is 375 g/mol. The van der Waals surface area contributed by atoms with Crippen molar-refractivity contribution < 1.29 is 18.7 Å². The summed E-state index contributed by atoms with van der Waals surface area (Å²) >= 11 is 7.22. The Hall–Kier alpha value is -1.27. The van der Waals surface area contributed by atoms with Crippen molar-refractivity contribution in [2.24, 2.45) is 5.92 Å². The minimum atomic E-state index is -0.608. The van der Waals surface area contributed by atoms with Gasteiger partial charge in [-0.05, 0) is 31.4 Å². The predicted molar refractivity (Wildman–Crippen MR) is 96.1 cm³/mol. The van der Waals surface area contributed by atoms with E-state index in [-0.39, 0.29) is 28.5 Å². The average Bonchev–Trinajstić information content (AvgIpc) is 2.49. The van der Waals surface area contributed by atoms with Crippen LogP contribution >= 0.6 is 23.4 Å². The van der Waals surface area contributed by atoms with Crippen molar-refractivity contribution >= 4 is 40.9 Å². The summed E-state index contributed by atoms with van der Waals surface area (Å²) in [4.78, 5) is 24.1. The van der Waals surface area contributed by atoms with E-state index in [4.69, 9.17) is 16.3 Å². The topological polar surface area (TPSA) is 55.4 Å². The second kappa shape index (κ2) is 9.89. The lowest BCUT2D eigenvalue weighted by molar-refractivity contribution is -0.143. The van der Waals surface area contributed by atoms with Gasteiger partial charge in [0.25, 0.3) is 0 Å². The molecule has 0 aliphatic rings. The fraction of sp³-hybridized carbons (Fsp3) is 0.529. The summed E-state index contributed by atoms with van der Waals surface area (Å²) in [5.74, 6) is -0.977. The molecule has 1 N–H and O–H groups in total. The maximum absolute atomic E-state index is 13.9. The number of carbonyl (C=O) groups is 2. The van der Waals surface area contributed by atoms with Gasteiger partial charge in [-0.3, -0.25) is 9.59 Å². The number of carbonyl (C=O) groups excluding carboxylic acids is 2. The second-order valence-corrected chi connectivity index (χ2v) is 7.63. The molecule has 1 atom stereocenters. The number of hydrogen-bond acceptors (Lipinski definition) is 4. The molecule has 1 aromatic rings. The van der Waals surface area contributed by atoms with E-state index in [2.05, 4.69) is 5.32 Å². The molecule has 1 rings (SSSR count). The third kappa shape index (κ3) is 6.69. The molecule has 1 unspecified atom stereocenters. The lowest BCUT2D eigenvalue weighted by Gasteiger charge is -2.15. The Bertz CT molecular complexity index is 595. The van der Waals surface area contributed by atoms with Gasteiger partial charge in [-0.25, -0.2) is 4.39 Å². The smallest absolute Gasteiger partial charge is 0.319 e. The molecule has 1 aromatic carbocycles. The Morgan fingerprint density at radius 1 is 1.33 bits per heavy atom. The van der Waals surface area contributed by atoms with E-state index in [1.165, 1.54) is 17.8 Å². The van der Waals surface area contributed by atoms with Crippen molar-refractivity contribution in [3.8, 4) is 0 Å². The first-order valence-electron chi connectivity index (χ1n) is 7.86. The van der Waals surface area contributed by atoms with Crippen molar-refractivity contribution in [2.45, 2.75) is 50.7 Å². The number of rotatable bonds is 8. The Morgan fingerprint density at radius 2 is 2.00 bits per heavy atom. The molecule has 0 aliphatic heterocycles. The van der Waals surface area contributed by atoms with Crippen molar-refractivity contribution in [3.63, 3.8) is 0 Å². The van der Waals surface area contributed by atoms with Gasteiger partial charge in [0.05, 0.1) is 17.3 Å². The number of anilines is 1. The fourth-order valence-electron chi connectivity index (χ4n) is 1.76. The summed E-state index contributed by atoms with van der Waals surface area (Å²) in [6.45, 7) is 7.81. The van der Waals surface area contributed by atoms with Gasteiger partial charge < -0.3 is 10.1 Å². The Kier molecular flexibility index (Phi) is 8.56. The highest BCUT2D eigenvalue weighted by molar-refractivity contribution is 8.00. The maximum atomic E-state index is 13.9. The first-order valence-corrected chi connectivity index (χ1v) is 9.12. The van der Waals surface area contributed by atoms with E-state index >= 15 is 0 Å². The molecule has 7 heteroatoms.